The van der Waals surface area contributed by atoms with E-state index in [-0.39, 0.29) is 5.91 Å². The molecule has 0 aliphatic carbocycles. The van der Waals surface area contributed by atoms with Gasteiger partial charge in [0.15, 0.2) is 0 Å². The van der Waals surface area contributed by atoms with Gasteiger partial charge in [-0.05, 0) is 43.0 Å². The van der Waals surface area contributed by atoms with Crippen molar-refractivity contribution in [3.05, 3.63) is 35.4 Å². The van der Waals surface area contributed by atoms with Gasteiger partial charge >= 0.3 is 0 Å². The standard InChI is InChI=1S/C17H22N2O/c1-13(2)16-6-4-12-19(16)17(20)15-9-7-14(8-10-15)5-3-11-18/h7-10,13,16H,4,6,11-12,18H2,1-2H3. The summed E-state index contributed by atoms with van der Waals surface area (Å²) in [6.07, 6.45) is 2.22. The number of nitrogens with two attached hydrogens (primary N) is 1. The Balaban J connectivity index is 2.13. The van der Waals surface area contributed by atoms with Crippen LogP contribution in [-0.2, 0) is 0 Å². The SMILES string of the molecule is CC(C)C1CCCN1C(=O)c1ccc(C#CCN)cc1. The van der Waals surface area contributed by atoms with Crippen LogP contribution in [0.1, 0.15) is 42.6 Å². The topological polar surface area (TPSA) is 46.3 Å². The number of amides is 1. The largest absolute Gasteiger partial charge is 0.335 e. The van der Waals surface area contributed by atoms with Crippen LogP contribution in [0.4, 0.5) is 0 Å². The molecule has 0 saturated carbocycles. The smallest absolute Gasteiger partial charge is 0.254 e. The molecule has 106 valence electrons. The molecule has 1 amide bonds. The van der Waals surface area contributed by atoms with Gasteiger partial charge < -0.3 is 10.6 Å². The Hall–Kier alpha value is -1.79. The van der Waals surface area contributed by atoms with Crippen LogP contribution in [0.2, 0.25) is 0 Å². The van der Waals surface area contributed by atoms with Gasteiger partial charge in [0, 0.05) is 23.7 Å². The quantitative estimate of drug-likeness (QED) is 0.838. The molecule has 0 radical (unpaired) electrons. The van der Waals surface area contributed by atoms with E-state index in [4.69, 9.17) is 5.73 Å². The maximum absolute atomic E-state index is 12.6. The first-order chi connectivity index (χ1) is 9.63. The number of rotatable bonds is 2. The van der Waals surface area contributed by atoms with Crippen LogP contribution < -0.4 is 5.73 Å². The normalized spacial score (nSPS) is 18.0. The summed E-state index contributed by atoms with van der Waals surface area (Å²) in [7, 11) is 0. The van der Waals surface area contributed by atoms with E-state index in [1.54, 1.807) is 0 Å². The summed E-state index contributed by atoms with van der Waals surface area (Å²) in [6, 6.07) is 7.86. The molecule has 0 spiro atoms. The number of nitrogens with zero attached hydrogens (tertiary/aromatic N) is 1. The second kappa shape index (κ2) is 6.58. The highest BCUT2D eigenvalue weighted by Gasteiger charge is 2.31. The fourth-order valence-electron chi connectivity index (χ4n) is 2.75. The second-order valence-electron chi connectivity index (χ2n) is 5.54. The van der Waals surface area contributed by atoms with Crippen molar-refractivity contribution in [2.75, 3.05) is 13.1 Å². The fourth-order valence-corrected chi connectivity index (χ4v) is 2.75. The van der Waals surface area contributed by atoms with Gasteiger partial charge in [-0.1, -0.05) is 25.7 Å². The van der Waals surface area contributed by atoms with Crippen molar-refractivity contribution in [2.45, 2.75) is 32.7 Å². The summed E-state index contributed by atoms with van der Waals surface area (Å²) in [5.41, 5.74) is 6.99. The van der Waals surface area contributed by atoms with Crippen LogP contribution in [0.3, 0.4) is 0 Å². The first kappa shape index (κ1) is 14.6. The van der Waals surface area contributed by atoms with Crippen molar-refractivity contribution >= 4 is 5.91 Å². The average molecular weight is 270 g/mol. The molecule has 0 aromatic heterocycles. The Kier molecular flexibility index (Phi) is 4.81. The highest BCUT2D eigenvalue weighted by Crippen LogP contribution is 2.25. The number of hydrogen-bond acceptors (Lipinski definition) is 2. The third-order valence-electron chi connectivity index (χ3n) is 3.80. The van der Waals surface area contributed by atoms with Crippen molar-refractivity contribution in [3.63, 3.8) is 0 Å². The van der Waals surface area contributed by atoms with Gasteiger partial charge in [-0.15, -0.1) is 0 Å². The molecular formula is C17H22N2O. The van der Waals surface area contributed by atoms with Crippen LogP contribution in [-0.4, -0.2) is 29.9 Å². The second-order valence-corrected chi connectivity index (χ2v) is 5.54. The lowest BCUT2D eigenvalue weighted by Gasteiger charge is -2.27. The molecule has 1 aromatic rings. The van der Waals surface area contributed by atoms with Crippen LogP contribution in [0, 0.1) is 17.8 Å². The van der Waals surface area contributed by atoms with Crippen molar-refractivity contribution in [1.29, 1.82) is 0 Å². The first-order valence-corrected chi connectivity index (χ1v) is 7.23. The summed E-state index contributed by atoms with van der Waals surface area (Å²) in [5.74, 6) is 6.43. The summed E-state index contributed by atoms with van der Waals surface area (Å²) in [4.78, 5) is 14.6. The van der Waals surface area contributed by atoms with E-state index < -0.39 is 0 Å². The lowest BCUT2D eigenvalue weighted by atomic mass is 10.0. The molecule has 1 unspecified atom stereocenters. The van der Waals surface area contributed by atoms with Crippen molar-refractivity contribution in [3.8, 4) is 11.8 Å². The van der Waals surface area contributed by atoms with Crippen LogP contribution >= 0.6 is 0 Å². The van der Waals surface area contributed by atoms with Gasteiger partial charge in [0.1, 0.15) is 0 Å². The summed E-state index contributed by atoms with van der Waals surface area (Å²) in [5, 5.41) is 0. The van der Waals surface area contributed by atoms with Gasteiger partial charge in [-0.2, -0.15) is 0 Å². The van der Waals surface area contributed by atoms with Gasteiger partial charge in [0.25, 0.3) is 5.91 Å². The van der Waals surface area contributed by atoms with Gasteiger partial charge in [-0.25, -0.2) is 0 Å². The Bertz CT molecular complexity index is 522. The molecule has 2 rings (SSSR count). The van der Waals surface area contributed by atoms with Gasteiger partial charge in [0.2, 0.25) is 0 Å². The number of hydrogen-bond donors (Lipinski definition) is 1. The van der Waals surface area contributed by atoms with Crippen LogP contribution in [0.15, 0.2) is 24.3 Å². The Morgan fingerprint density at radius 2 is 2.10 bits per heavy atom. The van der Waals surface area contributed by atoms with Gasteiger partial charge in [0.05, 0.1) is 6.54 Å². The van der Waals surface area contributed by atoms with E-state index in [0.717, 1.165) is 30.5 Å². The molecule has 0 bridgehead atoms. The first-order valence-electron chi connectivity index (χ1n) is 7.23. The van der Waals surface area contributed by atoms with E-state index >= 15 is 0 Å². The zero-order chi connectivity index (χ0) is 14.5. The fraction of sp³-hybridized carbons (Fsp3) is 0.471. The molecule has 1 aliphatic rings. The third-order valence-corrected chi connectivity index (χ3v) is 3.80. The maximum Gasteiger partial charge on any atom is 0.254 e. The lowest BCUT2D eigenvalue weighted by molar-refractivity contribution is 0.0701. The predicted octanol–water partition coefficient (Wildman–Crippen LogP) is 2.26. The molecule has 3 nitrogen and oxygen atoms in total. The number of benzene rings is 1. The Morgan fingerprint density at radius 1 is 1.40 bits per heavy atom. The minimum absolute atomic E-state index is 0.138. The number of carbonyl (C=O) groups excluding carboxylic acids is 1. The van der Waals surface area contributed by atoms with Crippen molar-refractivity contribution in [2.24, 2.45) is 11.7 Å². The van der Waals surface area contributed by atoms with Crippen molar-refractivity contribution < 1.29 is 4.79 Å². The molecule has 1 heterocycles. The molecule has 1 fully saturated rings. The van der Waals surface area contributed by atoms with E-state index in [2.05, 4.69) is 25.7 Å². The predicted molar refractivity (Wildman–Crippen MR) is 81.3 cm³/mol. The molecule has 1 aliphatic heterocycles. The minimum atomic E-state index is 0.138. The zero-order valence-electron chi connectivity index (χ0n) is 12.2. The highest BCUT2D eigenvalue weighted by atomic mass is 16.2. The van der Waals surface area contributed by atoms with Crippen LogP contribution in [0.25, 0.3) is 0 Å². The summed E-state index contributed by atoms with van der Waals surface area (Å²) in [6.45, 7) is 5.59. The molecule has 1 aromatic carbocycles. The summed E-state index contributed by atoms with van der Waals surface area (Å²) < 4.78 is 0. The lowest BCUT2D eigenvalue weighted by Crippen LogP contribution is -2.38. The molecule has 1 atom stereocenters. The zero-order valence-corrected chi connectivity index (χ0v) is 12.2. The van der Waals surface area contributed by atoms with E-state index in [9.17, 15) is 4.79 Å². The monoisotopic (exact) mass is 270 g/mol. The highest BCUT2D eigenvalue weighted by molar-refractivity contribution is 5.94. The molecule has 1 saturated heterocycles. The minimum Gasteiger partial charge on any atom is -0.335 e. The molecular weight excluding hydrogens is 248 g/mol. The molecule has 3 heteroatoms. The Morgan fingerprint density at radius 3 is 2.70 bits per heavy atom. The van der Waals surface area contributed by atoms with Crippen molar-refractivity contribution in [1.82, 2.24) is 4.90 Å². The number of likely N-dealkylation sites (tertiary alicyclic amines) is 1. The average Bonchev–Trinajstić information content (AvgIpc) is 2.94. The maximum atomic E-state index is 12.6. The van der Waals surface area contributed by atoms with Crippen LogP contribution in [0.5, 0.6) is 0 Å². The number of carbonyl (C=O) groups is 1. The third kappa shape index (κ3) is 3.20. The Labute approximate surface area is 121 Å². The van der Waals surface area contributed by atoms with E-state index in [0.29, 0.717) is 18.5 Å². The van der Waals surface area contributed by atoms with E-state index in [1.807, 2.05) is 29.2 Å². The van der Waals surface area contributed by atoms with E-state index in [1.165, 1.54) is 0 Å². The molecule has 2 N–H and O–H groups in total. The summed E-state index contributed by atoms with van der Waals surface area (Å²) >= 11 is 0. The van der Waals surface area contributed by atoms with Gasteiger partial charge in [-0.3, -0.25) is 4.79 Å². The molecule has 20 heavy (non-hydrogen) atoms.